The monoisotopic (exact) mass is 418 g/mol. The molecule has 0 aromatic heterocycles. The summed E-state index contributed by atoms with van der Waals surface area (Å²) in [5.74, 6) is 0.930. The van der Waals surface area contributed by atoms with Crippen molar-refractivity contribution in [2.24, 2.45) is 0 Å². The van der Waals surface area contributed by atoms with Crippen LogP contribution in [0.15, 0.2) is 16.5 Å². The summed E-state index contributed by atoms with van der Waals surface area (Å²) in [4.78, 5) is 7.68. The molecule has 5 rings (SSSR count). The summed E-state index contributed by atoms with van der Waals surface area (Å²) in [5, 5.41) is 0. The molecule has 28 heavy (non-hydrogen) atoms. The molecular formula is C24H28N2NiO. The topological polar surface area (TPSA) is 29.3 Å². The third-order valence-electron chi connectivity index (χ3n) is 6.24. The molecule has 0 saturated carbocycles. The Labute approximate surface area is 174 Å². The molecule has 3 aliphatic heterocycles. The summed E-state index contributed by atoms with van der Waals surface area (Å²) in [6, 6.07) is 4.48. The average Bonchev–Trinajstić information content (AvgIpc) is 2.71. The molecule has 1 aliphatic carbocycles. The van der Waals surface area contributed by atoms with Crippen LogP contribution < -0.4 is 4.90 Å². The maximum absolute atomic E-state index is 6.67. The number of benzene rings is 2. The van der Waals surface area contributed by atoms with Crippen molar-refractivity contribution in [2.75, 3.05) is 18.0 Å². The summed E-state index contributed by atoms with van der Waals surface area (Å²) < 4.78 is 7.70. The predicted octanol–water partition coefficient (Wildman–Crippen LogP) is 5.62. The summed E-state index contributed by atoms with van der Waals surface area (Å²) in [7, 11) is 0. The molecule has 4 heteroatoms. The summed E-state index contributed by atoms with van der Waals surface area (Å²) in [6.45, 7) is 6.77. The van der Waals surface area contributed by atoms with Crippen LogP contribution in [0.5, 0.6) is 0 Å². The van der Waals surface area contributed by atoms with Gasteiger partial charge in [-0.2, -0.15) is 0 Å². The van der Waals surface area contributed by atoms with Crippen molar-refractivity contribution in [1.82, 2.24) is 4.98 Å². The van der Waals surface area contributed by atoms with Crippen LogP contribution in [-0.4, -0.2) is 18.1 Å². The number of hydrogen-bond acceptors (Lipinski definition) is 3. The molecule has 0 spiro atoms. The first-order valence-corrected chi connectivity index (χ1v) is 11.3. The Morgan fingerprint density at radius 1 is 1.07 bits per heavy atom. The van der Waals surface area contributed by atoms with Crippen molar-refractivity contribution in [3.63, 3.8) is 0 Å². The van der Waals surface area contributed by atoms with Crippen LogP contribution in [-0.2, 0) is 40.7 Å². The molecule has 0 saturated heterocycles. The van der Waals surface area contributed by atoms with E-state index in [1.54, 1.807) is 0 Å². The molecule has 0 fully saturated rings. The Balaban J connectivity index is 1.83. The quantitative estimate of drug-likeness (QED) is 0.407. The molecule has 0 radical (unpaired) electrons. The van der Waals surface area contributed by atoms with Gasteiger partial charge in [0.25, 0.3) is 0 Å². The molecule has 4 aliphatic rings. The van der Waals surface area contributed by atoms with E-state index in [1.807, 2.05) is 0 Å². The molecule has 0 amide bonds. The van der Waals surface area contributed by atoms with Crippen molar-refractivity contribution in [2.45, 2.75) is 65.2 Å². The SMILES string of the molecule is CCCc1cc2nc3cc4c5c(c3oc-2c(CCC)[c]1=[Ni])CCCN5CCC4. The van der Waals surface area contributed by atoms with Crippen molar-refractivity contribution in [3.8, 4) is 11.5 Å². The van der Waals surface area contributed by atoms with Gasteiger partial charge < -0.3 is 0 Å². The minimum atomic E-state index is 0.930. The van der Waals surface area contributed by atoms with Gasteiger partial charge in [0.15, 0.2) is 0 Å². The van der Waals surface area contributed by atoms with Crippen molar-refractivity contribution < 1.29 is 19.4 Å². The van der Waals surface area contributed by atoms with E-state index < -0.39 is 0 Å². The Morgan fingerprint density at radius 2 is 1.86 bits per heavy atom. The number of hydrogen-bond donors (Lipinski definition) is 0. The number of aryl methyl sites for hydroxylation is 3. The van der Waals surface area contributed by atoms with Gasteiger partial charge >= 0.3 is 174 Å². The molecule has 1 aromatic carbocycles. The Bertz CT molecular complexity index is 1080. The van der Waals surface area contributed by atoms with Gasteiger partial charge in [0, 0.05) is 0 Å². The molecule has 1 aromatic rings. The van der Waals surface area contributed by atoms with E-state index >= 15 is 0 Å². The van der Waals surface area contributed by atoms with E-state index in [0.717, 1.165) is 65.2 Å². The predicted molar refractivity (Wildman–Crippen MR) is 111 cm³/mol. The van der Waals surface area contributed by atoms with Gasteiger partial charge in [-0.15, -0.1) is 0 Å². The van der Waals surface area contributed by atoms with Crippen LogP contribution in [0.2, 0.25) is 0 Å². The molecule has 0 N–H and O–H groups in total. The van der Waals surface area contributed by atoms with Crippen LogP contribution in [0.1, 0.15) is 61.8 Å². The Kier molecular flexibility index (Phi) is 4.79. The fourth-order valence-corrected chi connectivity index (χ4v) is 5.51. The zero-order chi connectivity index (χ0) is 19.3. The van der Waals surface area contributed by atoms with Gasteiger partial charge in [0.2, 0.25) is 0 Å². The molecule has 150 valence electrons. The Morgan fingerprint density at radius 3 is 2.64 bits per heavy atom. The third kappa shape index (κ3) is 2.84. The number of rotatable bonds is 4. The van der Waals surface area contributed by atoms with E-state index in [0.29, 0.717) is 0 Å². The average molecular weight is 419 g/mol. The molecular weight excluding hydrogens is 391 g/mol. The van der Waals surface area contributed by atoms with Crippen LogP contribution in [0.25, 0.3) is 22.6 Å². The number of anilines is 1. The second-order valence-corrected chi connectivity index (χ2v) is 8.76. The standard InChI is InChI=1S/C24H28N2O.Ni/c1-3-7-16-13-18(8-4-2)23-20(14-16)25-21-15-17-9-5-11-26-12-6-10-19(22(17)26)24(21)27-23;/h14-15H,3-12H2,1-2H3;. The minimum absolute atomic E-state index is 0.930. The first-order chi connectivity index (χ1) is 13.7. The van der Waals surface area contributed by atoms with Gasteiger partial charge in [-0.25, -0.2) is 0 Å². The van der Waals surface area contributed by atoms with E-state index in [4.69, 9.17) is 24.4 Å². The van der Waals surface area contributed by atoms with Gasteiger partial charge in [-0.1, -0.05) is 0 Å². The number of nitrogens with zero attached hydrogens (tertiary/aromatic N) is 2. The van der Waals surface area contributed by atoms with Crippen LogP contribution in [0.3, 0.4) is 0 Å². The van der Waals surface area contributed by atoms with Gasteiger partial charge in [0.1, 0.15) is 0 Å². The van der Waals surface area contributed by atoms with Crippen LogP contribution >= 0.6 is 0 Å². The summed E-state index contributed by atoms with van der Waals surface area (Å²) in [6.07, 6.45) is 8.84. The van der Waals surface area contributed by atoms with Crippen molar-refractivity contribution in [3.05, 3.63) is 38.5 Å². The van der Waals surface area contributed by atoms with Crippen molar-refractivity contribution >= 4 is 16.8 Å². The fraction of sp³-hybridized carbons (Fsp3) is 0.500. The normalized spacial score (nSPS) is 16.1. The first kappa shape index (κ1) is 18.4. The van der Waals surface area contributed by atoms with Crippen LogP contribution in [0, 0.1) is 4.14 Å². The summed E-state index contributed by atoms with van der Waals surface area (Å²) >= 11 is 5.51. The molecule has 3 nitrogen and oxygen atoms in total. The third-order valence-corrected chi connectivity index (χ3v) is 6.86. The molecule has 0 bridgehead atoms. The first-order valence-electron chi connectivity index (χ1n) is 10.9. The van der Waals surface area contributed by atoms with Gasteiger partial charge in [-0.05, 0) is 0 Å². The summed E-state index contributed by atoms with van der Waals surface area (Å²) in [5.41, 5.74) is 9.75. The molecule has 0 atom stereocenters. The second-order valence-electron chi connectivity index (χ2n) is 8.26. The Hall–Kier alpha value is -1.67. The van der Waals surface area contributed by atoms with Gasteiger partial charge in [0.05, 0.1) is 0 Å². The zero-order valence-electron chi connectivity index (χ0n) is 16.8. The molecule has 3 heterocycles. The van der Waals surface area contributed by atoms with E-state index in [2.05, 4.69) is 30.9 Å². The van der Waals surface area contributed by atoms with E-state index in [1.165, 1.54) is 53.9 Å². The van der Waals surface area contributed by atoms with Gasteiger partial charge in [-0.3, -0.25) is 0 Å². The van der Waals surface area contributed by atoms with E-state index in [-0.39, 0.29) is 0 Å². The number of fused-ring (bicyclic) bond motifs is 3. The maximum atomic E-state index is 6.67. The fourth-order valence-electron chi connectivity index (χ4n) is 5.08. The van der Waals surface area contributed by atoms with Crippen LogP contribution in [0.4, 0.5) is 5.69 Å². The van der Waals surface area contributed by atoms with Crippen molar-refractivity contribution in [1.29, 1.82) is 0 Å². The van der Waals surface area contributed by atoms with E-state index in [9.17, 15) is 0 Å². The second kappa shape index (κ2) is 7.30. The number of aromatic nitrogens is 1. The zero-order valence-corrected chi connectivity index (χ0v) is 17.8. The molecule has 0 unspecified atom stereocenters.